The van der Waals surface area contributed by atoms with E-state index >= 15 is 0 Å². The SMILES string of the molecule is CCN(CC(=O)NC)C(=O)c1cc(OC)ccc1O. The maximum atomic E-state index is 12.2. The van der Waals surface area contributed by atoms with Gasteiger partial charge in [0.05, 0.1) is 19.2 Å². The smallest absolute Gasteiger partial charge is 0.258 e. The summed E-state index contributed by atoms with van der Waals surface area (Å²) < 4.78 is 5.01. The molecule has 2 N–H and O–H groups in total. The number of amides is 2. The number of phenolic OH excluding ortho intramolecular Hbond substituents is 1. The Morgan fingerprint density at radius 3 is 2.63 bits per heavy atom. The number of methoxy groups -OCH3 is 1. The zero-order chi connectivity index (χ0) is 14.4. The average molecular weight is 266 g/mol. The van der Waals surface area contributed by atoms with E-state index in [9.17, 15) is 14.7 Å². The molecule has 0 fully saturated rings. The van der Waals surface area contributed by atoms with Crippen LogP contribution in [-0.2, 0) is 4.79 Å². The Hall–Kier alpha value is -2.24. The van der Waals surface area contributed by atoms with Crippen molar-refractivity contribution in [1.29, 1.82) is 0 Å². The molecule has 6 heteroatoms. The van der Waals surface area contributed by atoms with Crippen molar-refractivity contribution < 1.29 is 19.4 Å². The Morgan fingerprint density at radius 1 is 1.42 bits per heavy atom. The Morgan fingerprint density at radius 2 is 2.11 bits per heavy atom. The number of phenols is 1. The minimum absolute atomic E-state index is 0.0531. The van der Waals surface area contributed by atoms with Crippen molar-refractivity contribution in [3.63, 3.8) is 0 Å². The molecule has 0 aliphatic rings. The highest BCUT2D eigenvalue weighted by Crippen LogP contribution is 2.24. The predicted octanol–water partition coefficient (Wildman–Crippen LogP) is 0.609. The van der Waals surface area contributed by atoms with Gasteiger partial charge in [-0.25, -0.2) is 0 Å². The van der Waals surface area contributed by atoms with Crippen LogP contribution in [0.2, 0.25) is 0 Å². The molecular weight excluding hydrogens is 248 g/mol. The Bertz CT molecular complexity index is 474. The van der Waals surface area contributed by atoms with Gasteiger partial charge >= 0.3 is 0 Å². The molecule has 0 aliphatic carbocycles. The standard InChI is InChI=1S/C13H18N2O4/c1-4-15(8-12(17)14-2)13(18)10-7-9(19-3)5-6-11(10)16/h5-7,16H,4,8H2,1-3H3,(H,14,17). The number of ether oxygens (including phenoxy) is 1. The Balaban J connectivity index is 2.99. The number of benzene rings is 1. The molecule has 0 saturated carbocycles. The van der Waals surface area contributed by atoms with Crippen LogP contribution in [0.1, 0.15) is 17.3 Å². The summed E-state index contributed by atoms with van der Waals surface area (Å²) in [6, 6.07) is 4.39. The topological polar surface area (TPSA) is 78.9 Å². The van der Waals surface area contributed by atoms with E-state index in [1.54, 1.807) is 13.0 Å². The molecule has 1 aromatic rings. The van der Waals surface area contributed by atoms with Crippen LogP contribution >= 0.6 is 0 Å². The number of rotatable bonds is 5. The number of hydrogen-bond acceptors (Lipinski definition) is 4. The van der Waals surface area contributed by atoms with Gasteiger partial charge in [0.2, 0.25) is 5.91 Å². The lowest BCUT2D eigenvalue weighted by molar-refractivity contribution is -0.121. The highest BCUT2D eigenvalue weighted by molar-refractivity contribution is 5.99. The van der Waals surface area contributed by atoms with E-state index in [1.807, 2.05) is 0 Å². The van der Waals surface area contributed by atoms with Gasteiger partial charge < -0.3 is 20.1 Å². The second kappa shape index (κ2) is 6.63. The van der Waals surface area contributed by atoms with Gasteiger partial charge in [0.15, 0.2) is 0 Å². The molecule has 19 heavy (non-hydrogen) atoms. The summed E-state index contributed by atoms with van der Waals surface area (Å²) in [5.74, 6) is -0.349. The summed E-state index contributed by atoms with van der Waals surface area (Å²) in [6.45, 7) is 2.07. The van der Waals surface area contributed by atoms with E-state index < -0.39 is 5.91 Å². The van der Waals surface area contributed by atoms with E-state index in [0.29, 0.717) is 12.3 Å². The number of hydrogen-bond donors (Lipinski definition) is 2. The van der Waals surface area contributed by atoms with Crippen molar-refractivity contribution in [2.45, 2.75) is 6.92 Å². The lowest BCUT2D eigenvalue weighted by Crippen LogP contribution is -2.39. The van der Waals surface area contributed by atoms with Crippen molar-refractivity contribution in [2.75, 3.05) is 27.2 Å². The zero-order valence-corrected chi connectivity index (χ0v) is 11.3. The number of carbonyl (C=O) groups is 2. The Kier molecular flexibility index (Phi) is 5.17. The van der Waals surface area contributed by atoms with Crippen LogP contribution in [0, 0.1) is 0 Å². The largest absolute Gasteiger partial charge is 0.507 e. The van der Waals surface area contributed by atoms with Gasteiger partial charge in [-0.05, 0) is 25.1 Å². The van der Waals surface area contributed by atoms with Gasteiger partial charge in [0.25, 0.3) is 5.91 Å². The molecule has 0 aliphatic heterocycles. The van der Waals surface area contributed by atoms with Crippen LogP contribution in [0.4, 0.5) is 0 Å². The molecule has 104 valence electrons. The zero-order valence-electron chi connectivity index (χ0n) is 11.3. The first-order chi connectivity index (χ1) is 9.03. The second-order valence-corrected chi connectivity index (χ2v) is 3.88. The molecule has 0 bridgehead atoms. The highest BCUT2D eigenvalue weighted by atomic mass is 16.5. The van der Waals surface area contributed by atoms with Gasteiger partial charge in [-0.3, -0.25) is 9.59 Å². The number of nitrogens with one attached hydrogen (secondary N) is 1. The van der Waals surface area contributed by atoms with Crippen LogP contribution in [-0.4, -0.2) is 49.1 Å². The first-order valence-corrected chi connectivity index (χ1v) is 5.90. The molecule has 0 unspecified atom stereocenters. The maximum absolute atomic E-state index is 12.2. The molecule has 6 nitrogen and oxygen atoms in total. The van der Waals surface area contributed by atoms with Crippen LogP contribution in [0.3, 0.4) is 0 Å². The molecule has 0 atom stereocenters. The number of nitrogens with zero attached hydrogens (tertiary/aromatic N) is 1. The first-order valence-electron chi connectivity index (χ1n) is 5.90. The molecule has 1 aromatic carbocycles. The average Bonchev–Trinajstić information content (AvgIpc) is 2.44. The van der Waals surface area contributed by atoms with Crippen LogP contribution in [0.5, 0.6) is 11.5 Å². The van der Waals surface area contributed by atoms with Gasteiger partial charge in [0.1, 0.15) is 11.5 Å². The van der Waals surface area contributed by atoms with E-state index in [0.717, 1.165) is 0 Å². The molecule has 2 amide bonds. The van der Waals surface area contributed by atoms with Crippen molar-refractivity contribution in [1.82, 2.24) is 10.2 Å². The normalized spacial score (nSPS) is 9.84. The van der Waals surface area contributed by atoms with E-state index in [4.69, 9.17) is 4.74 Å². The van der Waals surface area contributed by atoms with Crippen molar-refractivity contribution in [3.8, 4) is 11.5 Å². The van der Waals surface area contributed by atoms with E-state index in [1.165, 1.54) is 31.2 Å². The van der Waals surface area contributed by atoms with Crippen molar-refractivity contribution >= 4 is 11.8 Å². The third-order valence-corrected chi connectivity index (χ3v) is 2.72. The molecule has 0 radical (unpaired) electrons. The molecular formula is C13H18N2O4. The van der Waals surface area contributed by atoms with Crippen LogP contribution in [0.15, 0.2) is 18.2 Å². The quantitative estimate of drug-likeness (QED) is 0.818. The fourth-order valence-electron chi connectivity index (χ4n) is 1.56. The van der Waals surface area contributed by atoms with Crippen LogP contribution < -0.4 is 10.1 Å². The fraction of sp³-hybridized carbons (Fsp3) is 0.385. The molecule has 0 heterocycles. The minimum Gasteiger partial charge on any atom is -0.507 e. The lowest BCUT2D eigenvalue weighted by atomic mass is 10.1. The fourth-order valence-corrected chi connectivity index (χ4v) is 1.56. The monoisotopic (exact) mass is 266 g/mol. The van der Waals surface area contributed by atoms with E-state index in [2.05, 4.69) is 5.32 Å². The number of aromatic hydroxyl groups is 1. The first kappa shape index (κ1) is 14.8. The summed E-state index contributed by atoms with van der Waals surface area (Å²) in [4.78, 5) is 24.9. The summed E-state index contributed by atoms with van der Waals surface area (Å²) in [5, 5.41) is 12.2. The number of carbonyl (C=O) groups excluding carboxylic acids is 2. The van der Waals surface area contributed by atoms with Gasteiger partial charge in [-0.2, -0.15) is 0 Å². The van der Waals surface area contributed by atoms with Crippen molar-refractivity contribution in [3.05, 3.63) is 23.8 Å². The van der Waals surface area contributed by atoms with Gasteiger partial charge in [-0.15, -0.1) is 0 Å². The number of likely N-dealkylation sites (N-methyl/N-ethyl adjacent to an activating group) is 2. The minimum atomic E-state index is -0.414. The summed E-state index contributed by atoms with van der Waals surface area (Å²) in [5.41, 5.74) is 0.116. The molecule has 0 aromatic heterocycles. The highest BCUT2D eigenvalue weighted by Gasteiger charge is 2.20. The molecule has 1 rings (SSSR count). The predicted molar refractivity (Wildman–Crippen MR) is 70.3 cm³/mol. The van der Waals surface area contributed by atoms with Gasteiger partial charge in [-0.1, -0.05) is 0 Å². The van der Waals surface area contributed by atoms with Gasteiger partial charge in [0, 0.05) is 13.6 Å². The van der Waals surface area contributed by atoms with E-state index in [-0.39, 0.29) is 23.8 Å². The summed E-state index contributed by atoms with van der Waals surface area (Å²) in [6.07, 6.45) is 0. The maximum Gasteiger partial charge on any atom is 0.258 e. The summed E-state index contributed by atoms with van der Waals surface area (Å²) in [7, 11) is 2.98. The molecule has 0 spiro atoms. The lowest BCUT2D eigenvalue weighted by Gasteiger charge is -2.20. The van der Waals surface area contributed by atoms with Crippen LogP contribution in [0.25, 0.3) is 0 Å². The molecule has 0 saturated heterocycles. The second-order valence-electron chi connectivity index (χ2n) is 3.88. The Labute approximate surface area is 112 Å². The van der Waals surface area contributed by atoms with Crippen molar-refractivity contribution in [2.24, 2.45) is 0 Å². The third kappa shape index (κ3) is 3.61. The third-order valence-electron chi connectivity index (χ3n) is 2.72. The summed E-state index contributed by atoms with van der Waals surface area (Å²) >= 11 is 0.